The van der Waals surface area contributed by atoms with Gasteiger partial charge < -0.3 is 46.6 Å². The molecular weight excluding hydrogens is 1050 g/mol. The Morgan fingerprint density at radius 1 is 0.434 bits per heavy atom. The van der Waals surface area contributed by atoms with Gasteiger partial charge in [0.25, 0.3) is 0 Å². The zero-order valence-electron chi connectivity index (χ0n) is 53.8. The second-order valence-electron chi connectivity index (χ2n) is 25.1. The highest BCUT2D eigenvalue weighted by Gasteiger charge is 2.36. The largest absolute Gasteiger partial charge is 0.481 e. The van der Waals surface area contributed by atoms with Crippen LogP contribution in [0.4, 0.5) is 0 Å². The third kappa shape index (κ3) is 36.3. The Balaban J connectivity index is 0.000000562. The lowest BCUT2D eigenvalue weighted by Crippen LogP contribution is -2.32. The summed E-state index contributed by atoms with van der Waals surface area (Å²) in [6.45, 7) is 21.9. The molecule has 17 heteroatoms. The maximum atomic E-state index is 11.8. The fourth-order valence-corrected chi connectivity index (χ4v) is 11.4. The number of carbonyl (C=O) groups excluding carboxylic acids is 7. The maximum Gasteiger partial charge on any atom is 0.308 e. The zero-order chi connectivity index (χ0) is 61.8. The van der Waals surface area contributed by atoms with Crippen molar-refractivity contribution in [3.05, 3.63) is 0 Å². The summed E-state index contributed by atoms with van der Waals surface area (Å²) in [5.74, 6) is -1.03. The van der Waals surface area contributed by atoms with Gasteiger partial charge in [-0.1, -0.05) is 209 Å². The first kappa shape index (κ1) is 76.7. The summed E-state index contributed by atoms with van der Waals surface area (Å²) in [5, 5.41) is 8.86. The molecule has 0 aromatic heterocycles. The van der Waals surface area contributed by atoms with Crippen molar-refractivity contribution in [2.75, 3.05) is 65.6 Å². The van der Waals surface area contributed by atoms with Gasteiger partial charge in [-0.25, -0.2) is 0 Å². The monoisotopic (exact) mass is 1170 g/mol. The molecule has 0 aromatic rings. The van der Waals surface area contributed by atoms with Crippen LogP contribution in [0.5, 0.6) is 0 Å². The van der Waals surface area contributed by atoms with Gasteiger partial charge in [0.05, 0.1) is 23.7 Å². The SMILES string of the molecule is CC(C)CCCCCCN1CC(C(=O)O)CC1=O.CCCCC(CC)CN1CC(C(N)=O)CC1=O.CCCCC(CC)COCCCN1CC(C(N)=O)CC1=O.CCCCCCCCCCCCCCCCCCN1CC(C(N)=O)CC1=O. The molecule has 83 heavy (non-hydrogen) atoms. The van der Waals surface area contributed by atoms with Crippen LogP contribution in [0.15, 0.2) is 0 Å². The topological polar surface area (TPSA) is 257 Å². The summed E-state index contributed by atoms with van der Waals surface area (Å²) in [4.78, 5) is 98.0. The number of nitrogens with two attached hydrogens (primary N) is 3. The van der Waals surface area contributed by atoms with Crippen LogP contribution < -0.4 is 17.2 Å². The molecule has 0 spiro atoms. The molecule has 6 unspecified atom stereocenters. The molecule has 4 rings (SSSR count). The van der Waals surface area contributed by atoms with E-state index in [1.165, 1.54) is 148 Å². The van der Waals surface area contributed by atoms with E-state index in [0.29, 0.717) is 64.0 Å². The average Bonchev–Trinajstić information content (AvgIpc) is 4.37. The zero-order valence-corrected chi connectivity index (χ0v) is 53.8. The third-order valence-electron chi connectivity index (χ3n) is 17.3. The van der Waals surface area contributed by atoms with E-state index < -0.39 is 11.9 Å². The molecular formula is C66H123N7O10. The lowest BCUT2D eigenvalue weighted by atomic mass is 9.99. The molecule has 4 heterocycles. The van der Waals surface area contributed by atoms with Crippen LogP contribution in [0, 0.1) is 41.4 Å². The number of ether oxygens (including phenoxy) is 1. The van der Waals surface area contributed by atoms with E-state index in [-0.39, 0.29) is 71.9 Å². The summed E-state index contributed by atoms with van der Waals surface area (Å²) in [6.07, 6.45) is 39.0. The lowest BCUT2D eigenvalue weighted by Gasteiger charge is -2.23. The van der Waals surface area contributed by atoms with Gasteiger partial charge in [-0.15, -0.1) is 0 Å². The van der Waals surface area contributed by atoms with Gasteiger partial charge in [-0.05, 0) is 49.9 Å². The smallest absolute Gasteiger partial charge is 0.308 e. The van der Waals surface area contributed by atoms with Crippen LogP contribution in [0.25, 0.3) is 0 Å². The fourth-order valence-electron chi connectivity index (χ4n) is 11.4. The Bertz CT molecular complexity index is 1800. The van der Waals surface area contributed by atoms with E-state index in [1.54, 1.807) is 9.80 Å². The molecule has 0 aliphatic carbocycles. The number of hydrogen-bond acceptors (Lipinski definition) is 9. The van der Waals surface area contributed by atoms with Gasteiger partial charge >= 0.3 is 5.97 Å². The number of hydrogen-bond donors (Lipinski definition) is 4. The van der Waals surface area contributed by atoms with E-state index in [4.69, 9.17) is 27.0 Å². The van der Waals surface area contributed by atoms with Gasteiger partial charge in [0.15, 0.2) is 0 Å². The lowest BCUT2D eigenvalue weighted by molar-refractivity contribution is -0.141. The Labute approximate surface area is 504 Å². The van der Waals surface area contributed by atoms with Crippen molar-refractivity contribution in [2.24, 2.45) is 58.6 Å². The molecule has 0 bridgehead atoms. The van der Waals surface area contributed by atoms with Crippen molar-refractivity contribution < 1.29 is 48.2 Å². The van der Waals surface area contributed by atoms with E-state index in [2.05, 4.69) is 48.5 Å². The van der Waals surface area contributed by atoms with E-state index in [0.717, 1.165) is 77.1 Å². The molecule has 0 aromatic carbocycles. The van der Waals surface area contributed by atoms with Crippen molar-refractivity contribution in [3.8, 4) is 0 Å². The molecule has 7 amide bonds. The highest BCUT2D eigenvalue weighted by molar-refractivity contribution is 5.90. The summed E-state index contributed by atoms with van der Waals surface area (Å²) >= 11 is 0. The van der Waals surface area contributed by atoms with Crippen LogP contribution >= 0.6 is 0 Å². The molecule has 7 N–H and O–H groups in total. The number of primary amides is 3. The number of unbranched alkanes of at least 4 members (excludes halogenated alkanes) is 20. The molecule has 4 aliphatic heterocycles. The average molecular weight is 1170 g/mol. The summed E-state index contributed by atoms with van der Waals surface area (Å²) in [7, 11) is 0. The number of likely N-dealkylation sites (tertiary alicyclic amines) is 4. The number of amides is 7. The number of nitrogens with zero attached hydrogens (tertiary/aromatic N) is 4. The van der Waals surface area contributed by atoms with Gasteiger partial charge in [0.1, 0.15) is 0 Å². The molecule has 4 aliphatic rings. The minimum atomic E-state index is -0.845. The van der Waals surface area contributed by atoms with Crippen LogP contribution in [0.1, 0.15) is 267 Å². The van der Waals surface area contributed by atoms with Crippen molar-refractivity contribution in [3.63, 3.8) is 0 Å². The first-order valence-electron chi connectivity index (χ1n) is 33.6. The minimum Gasteiger partial charge on any atom is -0.481 e. The molecule has 6 atom stereocenters. The number of carboxylic acid groups (broad SMARTS) is 1. The second kappa shape index (κ2) is 47.9. The minimum absolute atomic E-state index is 0.00424. The summed E-state index contributed by atoms with van der Waals surface area (Å²) in [5.41, 5.74) is 15.8. The Kier molecular flexibility index (Phi) is 44.3. The fraction of sp³-hybridized carbons (Fsp3) is 0.879. The predicted molar refractivity (Wildman–Crippen MR) is 333 cm³/mol. The Morgan fingerprint density at radius 2 is 0.759 bits per heavy atom. The first-order valence-corrected chi connectivity index (χ1v) is 33.6. The van der Waals surface area contributed by atoms with E-state index in [9.17, 15) is 38.4 Å². The van der Waals surface area contributed by atoms with Crippen molar-refractivity contribution >= 4 is 47.3 Å². The van der Waals surface area contributed by atoms with E-state index >= 15 is 0 Å². The highest BCUT2D eigenvalue weighted by atomic mass is 16.5. The molecule has 17 nitrogen and oxygen atoms in total. The van der Waals surface area contributed by atoms with Crippen LogP contribution in [0.3, 0.4) is 0 Å². The normalized spacial score (nSPS) is 19.4. The third-order valence-corrected chi connectivity index (χ3v) is 17.3. The van der Waals surface area contributed by atoms with Crippen LogP contribution in [0.2, 0.25) is 0 Å². The molecule has 0 saturated carbocycles. The number of rotatable bonds is 44. The maximum absolute atomic E-state index is 11.8. The van der Waals surface area contributed by atoms with Gasteiger partial charge in [-0.2, -0.15) is 0 Å². The standard InChI is InChI=1S/C23H44N2O2.C16H30N2O3.C14H25NO3.C13H24N2O2/c1-2-3-4-5-6-7-8-9-10-11-12-13-14-15-16-17-18-25-20-21(23(24)27)19-22(25)26;1-3-5-7-13(4-2)12-21-9-6-8-18-11-14(16(17)20)10-15(18)19;1-11(2)7-5-3-4-6-8-15-10-12(14(17)18)9-13(15)16;1-3-5-6-10(4-2)8-15-9-11(13(14)17)7-12(15)16/h21H,2-20H2,1H3,(H2,24,27);13-14H,3-12H2,1-2H3,(H2,17,20);11-12H,3-10H2,1-2H3,(H,17,18);10-11H,3-9H2,1-2H3,(H2,14,17). The Morgan fingerprint density at radius 3 is 1.11 bits per heavy atom. The molecule has 4 saturated heterocycles. The van der Waals surface area contributed by atoms with Crippen molar-refractivity contribution in [1.82, 2.24) is 19.6 Å². The first-order chi connectivity index (χ1) is 39.8. The number of carboxylic acids is 1. The quantitative estimate of drug-likeness (QED) is 0.0420. The van der Waals surface area contributed by atoms with Crippen LogP contribution in [-0.2, 0) is 43.1 Å². The van der Waals surface area contributed by atoms with Crippen molar-refractivity contribution in [1.29, 1.82) is 0 Å². The molecule has 0 radical (unpaired) electrons. The van der Waals surface area contributed by atoms with Gasteiger partial charge in [-0.3, -0.25) is 38.4 Å². The highest BCUT2D eigenvalue weighted by Crippen LogP contribution is 2.24. The van der Waals surface area contributed by atoms with E-state index in [1.807, 2.05) is 9.80 Å². The van der Waals surface area contributed by atoms with Gasteiger partial charge in [0.2, 0.25) is 41.4 Å². The molecule has 482 valence electrons. The molecule has 4 fully saturated rings. The Hall–Kier alpha value is -4.28. The van der Waals surface area contributed by atoms with Gasteiger partial charge in [0, 0.05) is 91.3 Å². The summed E-state index contributed by atoms with van der Waals surface area (Å²) < 4.78 is 5.72. The number of carbonyl (C=O) groups is 8. The number of aliphatic carboxylic acids is 1. The summed E-state index contributed by atoms with van der Waals surface area (Å²) in [6, 6.07) is 0. The second-order valence-corrected chi connectivity index (χ2v) is 25.1. The van der Waals surface area contributed by atoms with Crippen LogP contribution in [-0.4, -0.2) is 138 Å². The predicted octanol–water partition coefficient (Wildman–Crippen LogP) is 11.6. The van der Waals surface area contributed by atoms with Crippen molar-refractivity contribution in [2.45, 2.75) is 267 Å².